The maximum Gasteiger partial charge on any atom is 0.323 e. The Morgan fingerprint density at radius 3 is 2.93 bits per heavy atom. The first-order valence-electron chi connectivity index (χ1n) is 5.58. The molecule has 0 aliphatic heterocycles. The third kappa shape index (κ3) is 3.18. The van der Waals surface area contributed by atoms with Crippen LogP contribution in [0, 0.1) is 5.92 Å². The van der Waals surface area contributed by atoms with Gasteiger partial charge in [0, 0.05) is 13.7 Å². The van der Waals surface area contributed by atoms with E-state index in [-0.39, 0.29) is 0 Å². The number of nitrogens with one attached hydrogen (secondary N) is 1. The lowest BCUT2D eigenvalue weighted by Gasteiger charge is -2.37. The van der Waals surface area contributed by atoms with Crippen molar-refractivity contribution in [2.75, 3.05) is 20.3 Å². The zero-order chi connectivity index (χ0) is 11.3. The van der Waals surface area contributed by atoms with Crippen LogP contribution in [0.5, 0.6) is 0 Å². The van der Waals surface area contributed by atoms with E-state index in [1.54, 1.807) is 7.11 Å². The van der Waals surface area contributed by atoms with Gasteiger partial charge in [-0.2, -0.15) is 0 Å². The molecular formula is C11H21NO3. The molecule has 0 bridgehead atoms. The minimum atomic E-state index is -0.717. The van der Waals surface area contributed by atoms with Crippen LogP contribution in [0.2, 0.25) is 0 Å². The number of carboxylic acid groups (broad SMARTS) is 1. The molecule has 2 unspecified atom stereocenters. The van der Waals surface area contributed by atoms with Crippen LogP contribution < -0.4 is 5.32 Å². The summed E-state index contributed by atoms with van der Waals surface area (Å²) in [6.07, 6.45) is 3.59. The van der Waals surface area contributed by atoms with Crippen molar-refractivity contribution in [3.8, 4) is 0 Å². The van der Waals surface area contributed by atoms with Crippen LogP contribution in [0.1, 0.15) is 32.6 Å². The monoisotopic (exact) mass is 215 g/mol. The van der Waals surface area contributed by atoms with Crippen molar-refractivity contribution >= 4 is 5.97 Å². The second kappa shape index (κ2) is 5.47. The fourth-order valence-corrected chi connectivity index (χ4v) is 2.37. The lowest BCUT2D eigenvalue weighted by atomic mass is 9.76. The van der Waals surface area contributed by atoms with Crippen molar-refractivity contribution in [1.29, 1.82) is 0 Å². The van der Waals surface area contributed by atoms with Crippen LogP contribution in [0.25, 0.3) is 0 Å². The number of carbonyl (C=O) groups is 1. The molecule has 2 N–H and O–H groups in total. The second-order valence-electron chi connectivity index (χ2n) is 4.51. The molecule has 2 atom stereocenters. The summed E-state index contributed by atoms with van der Waals surface area (Å²) in [5.74, 6) is -0.227. The van der Waals surface area contributed by atoms with E-state index in [0.29, 0.717) is 19.1 Å². The third-order valence-electron chi connectivity index (χ3n) is 3.18. The highest BCUT2D eigenvalue weighted by atomic mass is 16.5. The fraction of sp³-hybridized carbons (Fsp3) is 0.909. The van der Waals surface area contributed by atoms with Gasteiger partial charge in [-0.25, -0.2) is 0 Å². The third-order valence-corrected chi connectivity index (χ3v) is 3.18. The summed E-state index contributed by atoms with van der Waals surface area (Å²) in [5.41, 5.74) is -0.712. The van der Waals surface area contributed by atoms with Gasteiger partial charge in [-0.15, -0.1) is 0 Å². The smallest absolute Gasteiger partial charge is 0.323 e. The van der Waals surface area contributed by atoms with Crippen LogP contribution in [0.15, 0.2) is 0 Å². The molecule has 1 saturated carbocycles. The molecule has 0 radical (unpaired) electrons. The van der Waals surface area contributed by atoms with Gasteiger partial charge in [-0.1, -0.05) is 19.8 Å². The highest BCUT2D eigenvalue weighted by molar-refractivity contribution is 5.79. The van der Waals surface area contributed by atoms with Gasteiger partial charge >= 0.3 is 5.97 Å². The van der Waals surface area contributed by atoms with Gasteiger partial charge in [-0.3, -0.25) is 10.1 Å². The predicted octanol–water partition coefficient (Wildman–Crippen LogP) is 1.26. The molecule has 4 nitrogen and oxygen atoms in total. The van der Waals surface area contributed by atoms with Gasteiger partial charge in [0.05, 0.1) is 6.61 Å². The average Bonchev–Trinajstić information content (AvgIpc) is 2.18. The van der Waals surface area contributed by atoms with Crippen molar-refractivity contribution in [3.63, 3.8) is 0 Å². The number of hydrogen-bond acceptors (Lipinski definition) is 3. The Kier molecular flexibility index (Phi) is 4.54. The summed E-state index contributed by atoms with van der Waals surface area (Å²) < 4.78 is 4.93. The van der Waals surface area contributed by atoms with Gasteiger partial charge < -0.3 is 9.84 Å². The Morgan fingerprint density at radius 1 is 1.67 bits per heavy atom. The summed E-state index contributed by atoms with van der Waals surface area (Å²) in [4.78, 5) is 11.3. The van der Waals surface area contributed by atoms with Gasteiger partial charge in [0.25, 0.3) is 0 Å². The van der Waals surface area contributed by atoms with E-state index in [0.717, 1.165) is 25.7 Å². The molecule has 0 spiro atoms. The maximum absolute atomic E-state index is 11.3. The number of aliphatic carboxylic acids is 1. The van der Waals surface area contributed by atoms with Crippen molar-refractivity contribution in [2.24, 2.45) is 5.92 Å². The lowest BCUT2D eigenvalue weighted by Crippen LogP contribution is -2.55. The zero-order valence-corrected chi connectivity index (χ0v) is 9.58. The first-order valence-corrected chi connectivity index (χ1v) is 5.58. The minimum absolute atomic E-state index is 0.491. The molecule has 0 aromatic rings. The molecule has 4 heteroatoms. The Morgan fingerprint density at radius 2 is 2.40 bits per heavy atom. The number of methoxy groups -OCH3 is 1. The van der Waals surface area contributed by atoms with Crippen molar-refractivity contribution in [2.45, 2.75) is 38.1 Å². The van der Waals surface area contributed by atoms with Crippen LogP contribution in [-0.4, -0.2) is 36.9 Å². The Labute approximate surface area is 91.0 Å². The lowest BCUT2D eigenvalue weighted by molar-refractivity contribution is -0.147. The number of hydrogen-bond donors (Lipinski definition) is 2. The molecule has 0 aromatic heterocycles. The Bertz CT molecular complexity index is 220. The molecule has 1 aliphatic rings. The zero-order valence-electron chi connectivity index (χ0n) is 9.58. The van der Waals surface area contributed by atoms with Gasteiger partial charge in [-0.05, 0) is 18.8 Å². The summed E-state index contributed by atoms with van der Waals surface area (Å²) in [6.45, 7) is 3.29. The minimum Gasteiger partial charge on any atom is -0.480 e. The molecule has 1 fully saturated rings. The van der Waals surface area contributed by atoms with E-state index in [1.807, 2.05) is 0 Å². The molecule has 0 heterocycles. The molecule has 0 amide bonds. The van der Waals surface area contributed by atoms with Gasteiger partial charge in [0.15, 0.2) is 0 Å². The van der Waals surface area contributed by atoms with Crippen molar-refractivity contribution in [3.05, 3.63) is 0 Å². The van der Waals surface area contributed by atoms with Crippen LogP contribution >= 0.6 is 0 Å². The summed E-state index contributed by atoms with van der Waals surface area (Å²) >= 11 is 0. The normalized spacial score (nSPS) is 31.5. The first kappa shape index (κ1) is 12.5. The quantitative estimate of drug-likeness (QED) is 0.678. The van der Waals surface area contributed by atoms with E-state index in [1.165, 1.54) is 0 Å². The molecule has 15 heavy (non-hydrogen) atoms. The summed E-state index contributed by atoms with van der Waals surface area (Å²) in [6, 6.07) is 0. The molecule has 1 rings (SSSR count). The molecule has 88 valence electrons. The molecular weight excluding hydrogens is 194 g/mol. The standard InChI is InChI=1S/C11H21NO3/c1-9-4-3-5-11(8-9,10(13)14)12-6-7-15-2/h9,12H,3-8H2,1-2H3,(H,13,14). The van der Waals surface area contributed by atoms with Gasteiger partial charge in [0.2, 0.25) is 0 Å². The van der Waals surface area contributed by atoms with E-state index < -0.39 is 11.5 Å². The Balaban J connectivity index is 2.57. The van der Waals surface area contributed by atoms with Crippen LogP contribution in [0.3, 0.4) is 0 Å². The van der Waals surface area contributed by atoms with E-state index in [4.69, 9.17) is 4.74 Å². The number of ether oxygens (including phenoxy) is 1. The fourth-order valence-electron chi connectivity index (χ4n) is 2.37. The van der Waals surface area contributed by atoms with Crippen LogP contribution in [-0.2, 0) is 9.53 Å². The summed E-state index contributed by atoms with van der Waals surface area (Å²) in [7, 11) is 1.62. The van der Waals surface area contributed by atoms with E-state index in [9.17, 15) is 9.90 Å². The van der Waals surface area contributed by atoms with Crippen molar-refractivity contribution < 1.29 is 14.6 Å². The predicted molar refractivity (Wildman–Crippen MR) is 57.9 cm³/mol. The maximum atomic E-state index is 11.3. The van der Waals surface area contributed by atoms with Crippen LogP contribution in [0.4, 0.5) is 0 Å². The first-order chi connectivity index (χ1) is 7.10. The molecule has 0 saturated heterocycles. The SMILES string of the molecule is COCCNC1(C(=O)O)CCCC(C)C1. The van der Waals surface area contributed by atoms with Crippen molar-refractivity contribution in [1.82, 2.24) is 5.32 Å². The molecule has 1 aliphatic carbocycles. The average molecular weight is 215 g/mol. The molecule has 0 aromatic carbocycles. The number of rotatable bonds is 5. The largest absolute Gasteiger partial charge is 0.480 e. The van der Waals surface area contributed by atoms with Gasteiger partial charge in [0.1, 0.15) is 5.54 Å². The topological polar surface area (TPSA) is 58.6 Å². The number of carboxylic acids is 1. The Hall–Kier alpha value is -0.610. The van der Waals surface area contributed by atoms with E-state index in [2.05, 4.69) is 12.2 Å². The highest BCUT2D eigenvalue weighted by Crippen LogP contribution is 2.32. The van der Waals surface area contributed by atoms with E-state index >= 15 is 0 Å². The second-order valence-corrected chi connectivity index (χ2v) is 4.51. The summed E-state index contributed by atoms with van der Waals surface area (Å²) in [5, 5.41) is 12.4. The highest BCUT2D eigenvalue weighted by Gasteiger charge is 2.41.